The monoisotopic (exact) mass is 484 g/mol. The van der Waals surface area contributed by atoms with E-state index in [1.54, 1.807) is 18.4 Å². The number of likely N-dealkylation sites (tertiary alicyclic amines) is 1. The first-order valence-corrected chi connectivity index (χ1v) is 13.2. The Hall–Kier alpha value is -2.20. The molecule has 5 rings (SSSR count). The van der Waals surface area contributed by atoms with E-state index in [1.165, 1.54) is 0 Å². The molecule has 2 aromatic rings. The van der Waals surface area contributed by atoms with E-state index in [1.807, 2.05) is 6.20 Å². The largest absolute Gasteiger partial charge is 0.385 e. The lowest BCUT2D eigenvalue weighted by Gasteiger charge is -2.37. The van der Waals surface area contributed by atoms with Gasteiger partial charge in [0.1, 0.15) is 16.6 Å². The fourth-order valence-electron chi connectivity index (χ4n) is 4.88. The Labute approximate surface area is 206 Å². The number of aryl methyl sites for hydroxylation is 1. The summed E-state index contributed by atoms with van der Waals surface area (Å²) in [6.07, 6.45) is 8.50. The van der Waals surface area contributed by atoms with E-state index in [4.69, 9.17) is 25.2 Å². The lowest BCUT2D eigenvalue weighted by molar-refractivity contribution is -0.0130. The number of thiazole rings is 1. The molecule has 184 valence electrons. The van der Waals surface area contributed by atoms with Crippen molar-refractivity contribution in [3.05, 3.63) is 34.7 Å². The van der Waals surface area contributed by atoms with Crippen LogP contribution in [0.1, 0.15) is 36.8 Å². The van der Waals surface area contributed by atoms with E-state index in [9.17, 15) is 0 Å². The molecule has 3 fully saturated rings. The number of ether oxygens (including phenoxy) is 2. The number of nitrogens with two attached hydrogens (primary N) is 1. The van der Waals surface area contributed by atoms with Crippen molar-refractivity contribution in [2.75, 3.05) is 51.4 Å². The highest BCUT2D eigenvalue weighted by Crippen LogP contribution is 2.31. The van der Waals surface area contributed by atoms with Gasteiger partial charge in [0.15, 0.2) is 0 Å². The molecular formula is C25H36N6O2S. The topological polar surface area (TPSA) is 88.8 Å². The third kappa shape index (κ3) is 5.22. The summed E-state index contributed by atoms with van der Waals surface area (Å²) in [5, 5.41) is 4.69. The quantitative estimate of drug-likeness (QED) is 0.591. The van der Waals surface area contributed by atoms with Gasteiger partial charge in [-0.1, -0.05) is 6.92 Å². The summed E-state index contributed by atoms with van der Waals surface area (Å²) < 4.78 is 10.8. The van der Waals surface area contributed by atoms with Crippen LogP contribution >= 0.6 is 11.3 Å². The Morgan fingerprint density at radius 2 is 2.06 bits per heavy atom. The Bertz CT molecular complexity index is 982. The second-order valence-electron chi connectivity index (χ2n) is 9.41. The van der Waals surface area contributed by atoms with Crippen molar-refractivity contribution in [2.45, 2.75) is 50.8 Å². The molecule has 1 atom stereocenters. The number of pyridine rings is 1. The van der Waals surface area contributed by atoms with Gasteiger partial charge < -0.3 is 30.3 Å². The van der Waals surface area contributed by atoms with Crippen LogP contribution in [0.4, 0.5) is 5.82 Å². The van der Waals surface area contributed by atoms with Crippen LogP contribution in [-0.4, -0.2) is 79.6 Å². The highest BCUT2D eigenvalue weighted by molar-refractivity contribution is 7.16. The minimum Gasteiger partial charge on any atom is -0.385 e. The predicted molar refractivity (Wildman–Crippen MR) is 137 cm³/mol. The zero-order chi connectivity index (χ0) is 23.5. The van der Waals surface area contributed by atoms with Gasteiger partial charge in [-0.15, -0.1) is 11.3 Å². The highest BCUT2D eigenvalue weighted by atomic mass is 32.1. The Morgan fingerprint density at radius 1 is 1.24 bits per heavy atom. The van der Waals surface area contributed by atoms with E-state index < -0.39 is 0 Å². The molecule has 3 N–H and O–H groups in total. The van der Waals surface area contributed by atoms with Gasteiger partial charge in [0.25, 0.3) is 0 Å². The molecule has 3 aliphatic rings. The number of nitrogens with one attached hydrogen (secondary N) is 1. The molecule has 8 nitrogen and oxygen atoms in total. The van der Waals surface area contributed by atoms with E-state index >= 15 is 0 Å². The van der Waals surface area contributed by atoms with Gasteiger partial charge in [-0.25, -0.2) is 9.97 Å². The van der Waals surface area contributed by atoms with Crippen molar-refractivity contribution in [3.8, 4) is 10.6 Å². The molecule has 5 heterocycles. The average molecular weight is 485 g/mol. The number of hydrogen-bond donors (Lipinski definition) is 2. The third-order valence-corrected chi connectivity index (χ3v) is 8.20. The van der Waals surface area contributed by atoms with Crippen molar-refractivity contribution in [3.63, 3.8) is 0 Å². The molecule has 3 saturated heterocycles. The summed E-state index contributed by atoms with van der Waals surface area (Å²) in [6.45, 7) is 7.68. The Kier molecular flexibility index (Phi) is 7.34. The normalized spacial score (nSPS) is 22.4. The molecule has 1 unspecified atom stereocenters. The fourth-order valence-corrected chi connectivity index (χ4v) is 5.97. The minimum absolute atomic E-state index is 0.298. The SMILES string of the molecule is CCc1nc(-c2ccc(N3CCC(OC)C3)nc2)sc1/C=C(\N)N1CCC(NC2COC2)CC1. The Balaban J connectivity index is 1.23. The lowest BCUT2D eigenvalue weighted by Crippen LogP contribution is -2.53. The van der Waals surface area contributed by atoms with Gasteiger partial charge in [-0.05, 0) is 43.9 Å². The molecule has 0 aliphatic carbocycles. The van der Waals surface area contributed by atoms with Gasteiger partial charge >= 0.3 is 0 Å². The standard InChI is InChI=1S/C25H36N6O2S/c1-3-21-22(12-23(26)30-9-6-18(7-10-30)28-19-15-33-16-19)34-25(29-21)17-4-5-24(27-13-17)31-11-8-20(14-31)32-2/h4-5,12-13,18-20,28H,3,6-11,14-16,26H2,1-2H3/b23-12+. The second-order valence-corrected chi connectivity index (χ2v) is 10.4. The number of hydrogen-bond acceptors (Lipinski definition) is 9. The maximum atomic E-state index is 6.55. The summed E-state index contributed by atoms with van der Waals surface area (Å²) in [6, 6.07) is 5.32. The molecule has 0 bridgehead atoms. The summed E-state index contributed by atoms with van der Waals surface area (Å²) in [7, 11) is 1.78. The number of aromatic nitrogens is 2. The first-order chi connectivity index (χ1) is 16.6. The van der Waals surface area contributed by atoms with Crippen LogP contribution < -0.4 is 16.0 Å². The zero-order valence-corrected chi connectivity index (χ0v) is 21.0. The smallest absolute Gasteiger partial charge is 0.128 e. The first kappa shape index (κ1) is 23.5. The number of methoxy groups -OCH3 is 1. The molecule has 0 amide bonds. The summed E-state index contributed by atoms with van der Waals surface area (Å²) in [5.41, 5.74) is 8.69. The summed E-state index contributed by atoms with van der Waals surface area (Å²) in [5.74, 6) is 1.84. The molecule has 0 saturated carbocycles. The third-order valence-electron chi connectivity index (χ3n) is 7.11. The van der Waals surface area contributed by atoms with Crippen LogP contribution in [0.5, 0.6) is 0 Å². The van der Waals surface area contributed by atoms with Crippen molar-refractivity contribution < 1.29 is 9.47 Å². The van der Waals surface area contributed by atoms with E-state index in [0.717, 1.165) is 97.9 Å². The van der Waals surface area contributed by atoms with Crippen molar-refractivity contribution in [2.24, 2.45) is 5.73 Å². The molecule has 0 radical (unpaired) electrons. The highest BCUT2D eigenvalue weighted by Gasteiger charge is 2.26. The van der Waals surface area contributed by atoms with Crippen LogP contribution in [0.25, 0.3) is 16.6 Å². The maximum Gasteiger partial charge on any atom is 0.128 e. The molecule has 2 aromatic heterocycles. The molecule has 34 heavy (non-hydrogen) atoms. The van der Waals surface area contributed by atoms with Gasteiger partial charge in [0.05, 0.1) is 35.9 Å². The number of rotatable bonds is 8. The van der Waals surface area contributed by atoms with Crippen LogP contribution in [0.15, 0.2) is 24.2 Å². The van der Waals surface area contributed by atoms with Crippen molar-refractivity contribution in [1.82, 2.24) is 20.2 Å². The van der Waals surface area contributed by atoms with Crippen LogP contribution in [0.3, 0.4) is 0 Å². The zero-order valence-electron chi connectivity index (χ0n) is 20.2. The second kappa shape index (κ2) is 10.6. The molecule has 3 aliphatic heterocycles. The molecule has 0 aromatic carbocycles. The van der Waals surface area contributed by atoms with Crippen molar-refractivity contribution in [1.29, 1.82) is 0 Å². The van der Waals surface area contributed by atoms with Crippen LogP contribution in [0, 0.1) is 0 Å². The van der Waals surface area contributed by atoms with Gasteiger partial charge in [0.2, 0.25) is 0 Å². The van der Waals surface area contributed by atoms with Gasteiger partial charge in [0, 0.05) is 51.1 Å². The summed E-state index contributed by atoms with van der Waals surface area (Å²) in [4.78, 5) is 15.4. The number of anilines is 1. The van der Waals surface area contributed by atoms with Crippen LogP contribution in [-0.2, 0) is 15.9 Å². The van der Waals surface area contributed by atoms with E-state index in [-0.39, 0.29) is 0 Å². The number of piperidine rings is 1. The molecule has 9 heteroatoms. The van der Waals surface area contributed by atoms with E-state index in [0.29, 0.717) is 18.2 Å². The molecule has 0 spiro atoms. The average Bonchev–Trinajstić information content (AvgIpc) is 3.49. The summed E-state index contributed by atoms with van der Waals surface area (Å²) >= 11 is 1.70. The maximum absolute atomic E-state index is 6.55. The predicted octanol–water partition coefficient (Wildman–Crippen LogP) is 2.70. The number of nitrogens with zero attached hydrogens (tertiary/aromatic N) is 4. The first-order valence-electron chi connectivity index (χ1n) is 12.4. The Morgan fingerprint density at radius 3 is 2.68 bits per heavy atom. The lowest BCUT2D eigenvalue weighted by atomic mass is 10.0. The van der Waals surface area contributed by atoms with Gasteiger partial charge in [-0.3, -0.25) is 0 Å². The molecular weight excluding hydrogens is 448 g/mol. The fraction of sp³-hybridized carbons (Fsp3) is 0.600. The minimum atomic E-state index is 0.298. The van der Waals surface area contributed by atoms with Crippen LogP contribution in [0.2, 0.25) is 0 Å². The van der Waals surface area contributed by atoms with Gasteiger partial charge in [-0.2, -0.15) is 0 Å². The van der Waals surface area contributed by atoms with E-state index in [2.05, 4.69) is 40.2 Å². The van der Waals surface area contributed by atoms with Crippen molar-refractivity contribution >= 4 is 23.2 Å².